The van der Waals surface area contributed by atoms with E-state index in [0.29, 0.717) is 30.2 Å². The molecule has 5 rings (SSSR count). The summed E-state index contributed by atoms with van der Waals surface area (Å²) >= 11 is 0. The lowest BCUT2D eigenvalue weighted by Crippen LogP contribution is -2.33. The molecule has 4 heterocycles. The van der Waals surface area contributed by atoms with Crippen molar-refractivity contribution >= 4 is 23.4 Å². The predicted molar refractivity (Wildman–Crippen MR) is 122 cm³/mol. The number of pyridine rings is 1. The smallest absolute Gasteiger partial charge is 0.414 e. The predicted octanol–water partition coefficient (Wildman–Crippen LogP) is 2.39. The maximum atomic E-state index is 15.1. The number of nitrogens with zero attached hydrogens (tertiary/aromatic N) is 6. The largest absolute Gasteiger partial charge is 0.442 e. The first kappa shape index (κ1) is 21.8. The van der Waals surface area contributed by atoms with Crippen molar-refractivity contribution in [1.82, 2.24) is 25.3 Å². The molecule has 10 nitrogen and oxygen atoms in total. The van der Waals surface area contributed by atoms with E-state index in [2.05, 4.69) is 20.5 Å². The third-order valence-electron chi connectivity index (χ3n) is 5.96. The molecule has 1 N–H and O–H groups in total. The molecule has 0 saturated carbocycles. The fourth-order valence-corrected chi connectivity index (χ4v) is 4.25. The number of amides is 2. The Hall–Kier alpha value is -4.02. The van der Waals surface area contributed by atoms with Crippen molar-refractivity contribution in [2.24, 2.45) is 0 Å². The van der Waals surface area contributed by atoms with Crippen LogP contribution in [0.25, 0.3) is 11.4 Å². The highest BCUT2D eigenvalue weighted by Crippen LogP contribution is 2.32. The number of rotatable bonds is 6. The molecule has 2 amide bonds. The van der Waals surface area contributed by atoms with Gasteiger partial charge in [0.05, 0.1) is 42.4 Å². The Bertz CT molecular complexity index is 1200. The summed E-state index contributed by atoms with van der Waals surface area (Å²) in [7, 11) is 0. The summed E-state index contributed by atoms with van der Waals surface area (Å²) in [5.74, 6) is -0.619. The molecule has 0 spiro atoms. The summed E-state index contributed by atoms with van der Waals surface area (Å²) in [5.41, 5.74) is 2.33. The fourth-order valence-electron chi connectivity index (χ4n) is 4.25. The molecule has 1 aromatic carbocycles. The normalized spacial score (nSPS) is 20.0. The molecule has 2 fully saturated rings. The maximum absolute atomic E-state index is 15.1. The maximum Gasteiger partial charge on any atom is 0.414 e. The van der Waals surface area contributed by atoms with E-state index in [4.69, 9.17) is 4.74 Å². The molecule has 2 atom stereocenters. The van der Waals surface area contributed by atoms with Gasteiger partial charge < -0.3 is 15.0 Å². The molecule has 2 aromatic heterocycles. The van der Waals surface area contributed by atoms with Crippen molar-refractivity contribution in [3.8, 4) is 11.4 Å². The number of hydrogen-bond donors (Lipinski definition) is 1. The van der Waals surface area contributed by atoms with E-state index in [9.17, 15) is 9.59 Å². The monoisotopic (exact) mass is 465 g/mol. The number of carbonyl (C=O) groups is 2. The number of cyclic esters (lactones) is 1. The number of benzene rings is 1. The number of carbonyl (C=O) groups excluding carboxylic acids is 2. The first-order valence-electron chi connectivity index (χ1n) is 11.1. The van der Waals surface area contributed by atoms with Gasteiger partial charge in [-0.3, -0.25) is 14.7 Å². The van der Waals surface area contributed by atoms with E-state index in [1.54, 1.807) is 29.3 Å². The van der Waals surface area contributed by atoms with Crippen LogP contribution in [0.5, 0.6) is 0 Å². The minimum absolute atomic E-state index is 0.0135. The van der Waals surface area contributed by atoms with Gasteiger partial charge in [-0.1, -0.05) is 6.07 Å². The third kappa shape index (κ3) is 4.41. The van der Waals surface area contributed by atoms with Crippen LogP contribution in [0, 0.1) is 5.82 Å². The molecule has 0 aliphatic carbocycles. The van der Waals surface area contributed by atoms with Crippen LogP contribution in [0.15, 0.2) is 48.8 Å². The van der Waals surface area contributed by atoms with Crippen LogP contribution in [-0.2, 0) is 9.53 Å². The molecule has 2 saturated heterocycles. The van der Waals surface area contributed by atoms with Gasteiger partial charge >= 0.3 is 6.09 Å². The van der Waals surface area contributed by atoms with Crippen molar-refractivity contribution in [2.45, 2.75) is 25.5 Å². The van der Waals surface area contributed by atoms with Crippen LogP contribution >= 0.6 is 0 Å². The second kappa shape index (κ2) is 9.08. The number of ether oxygens (including phenoxy) is 1. The molecule has 34 heavy (non-hydrogen) atoms. The van der Waals surface area contributed by atoms with Crippen molar-refractivity contribution < 1.29 is 18.7 Å². The number of nitrogens with one attached hydrogen (secondary N) is 1. The Morgan fingerprint density at radius 3 is 2.88 bits per heavy atom. The Kier molecular flexibility index (Phi) is 5.83. The molecule has 2 aliphatic heterocycles. The van der Waals surface area contributed by atoms with Crippen molar-refractivity contribution in [2.75, 3.05) is 36.0 Å². The number of anilines is 2. The lowest BCUT2D eigenvalue weighted by molar-refractivity contribution is -0.119. The third-order valence-corrected chi connectivity index (χ3v) is 5.96. The second-order valence-corrected chi connectivity index (χ2v) is 8.34. The number of aromatic nitrogens is 4. The minimum Gasteiger partial charge on any atom is -0.442 e. The highest BCUT2D eigenvalue weighted by molar-refractivity contribution is 5.90. The van der Waals surface area contributed by atoms with Gasteiger partial charge in [-0.15, -0.1) is 0 Å². The first-order chi connectivity index (χ1) is 16.5. The van der Waals surface area contributed by atoms with Crippen LogP contribution in [0.4, 0.5) is 20.6 Å². The number of halogens is 1. The van der Waals surface area contributed by atoms with Gasteiger partial charge in [-0.2, -0.15) is 15.0 Å². The first-order valence-corrected chi connectivity index (χ1v) is 11.1. The average molecular weight is 465 g/mol. The Morgan fingerprint density at radius 1 is 1.24 bits per heavy atom. The Balaban J connectivity index is 1.25. The molecular weight excluding hydrogens is 441 g/mol. The average Bonchev–Trinajstić information content (AvgIpc) is 3.58. The van der Waals surface area contributed by atoms with E-state index >= 15 is 4.39 Å². The van der Waals surface area contributed by atoms with Gasteiger partial charge in [-0.25, -0.2) is 9.18 Å². The Morgan fingerprint density at radius 2 is 2.12 bits per heavy atom. The molecule has 3 aromatic rings. The van der Waals surface area contributed by atoms with Crippen molar-refractivity contribution in [3.05, 3.63) is 54.6 Å². The summed E-state index contributed by atoms with van der Waals surface area (Å²) < 4.78 is 20.3. The summed E-state index contributed by atoms with van der Waals surface area (Å²) in [6, 6.07) is 10.4. The lowest BCUT2D eigenvalue weighted by atomic mass is 10.2. The van der Waals surface area contributed by atoms with Gasteiger partial charge in [0.1, 0.15) is 17.6 Å². The van der Waals surface area contributed by atoms with E-state index in [1.165, 1.54) is 17.9 Å². The SMILES string of the molecule is CC(=O)NC[C@H]1CN(c2ccc(N3CC[C@H](n4ncc(-c5ccccn5)n4)C3)c(F)c2)C(=O)O1. The Labute approximate surface area is 195 Å². The number of hydrogen-bond acceptors (Lipinski definition) is 7. The zero-order valence-corrected chi connectivity index (χ0v) is 18.6. The van der Waals surface area contributed by atoms with Gasteiger partial charge in [-0.05, 0) is 36.8 Å². The fraction of sp³-hybridized carbons (Fsp3) is 0.348. The summed E-state index contributed by atoms with van der Waals surface area (Å²) in [6.07, 6.45) is 3.15. The van der Waals surface area contributed by atoms with Crippen LogP contribution in [0.2, 0.25) is 0 Å². The van der Waals surface area contributed by atoms with Crippen molar-refractivity contribution in [3.63, 3.8) is 0 Å². The minimum atomic E-state index is -0.558. The lowest BCUT2D eigenvalue weighted by Gasteiger charge is -2.21. The van der Waals surface area contributed by atoms with Crippen LogP contribution in [-0.4, -0.2) is 64.3 Å². The second-order valence-electron chi connectivity index (χ2n) is 8.34. The highest BCUT2D eigenvalue weighted by atomic mass is 19.1. The summed E-state index contributed by atoms with van der Waals surface area (Å²) in [4.78, 5) is 32.6. The van der Waals surface area contributed by atoms with Gasteiger partial charge in [0.2, 0.25) is 5.91 Å². The molecule has 2 aliphatic rings. The topological polar surface area (TPSA) is 105 Å². The quantitative estimate of drug-likeness (QED) is 0.596. The molecular formula is C23H24FN7O3. The van der Waals surface area contributed by atoms with Gasteiger partial charge in [0.15, 0.2) is 0 Å². The van der Waals surface area contributed by atoms with E-state index < -0.39 is 18.0 Å². The molecule has 11 heteroatoms. The zero-order valence-electron chi connectivity index (χ0n) is 18.6. The van der Waals surface area contributed by atoms with E-state index in [0.717, 1.165) is 12.1 Å². The van der Waals surface area contributed by atoms with Crippen molar-refractivity contribution in [1.29, 1.82) is 0 Å². The standard InChI is InChI=1S/C23H24FN7O3/c1-15(32)26-11-18-14-30(23(33)34-18)16-5-6-22(19(24)10-16)29-9-7-17(13-29)31-27-12-21(28-31)20-4-2-3-8-25-20/h2-6,8,10,12,17-18H,7,9,11,13-14H2,1H3,(H,26,32)/t17-,18-/m0/s1. The summed E-state index contributed by atoms with van der Waals surface area (Å²) in [5, 5.41) is 11.6. The molecule has 0 unspecified atom stereocenters. The van der Waals surface area contributed by atoms with Gasteiger partial charge in [0.25, 0.3) is 0 Å². The van der Waals surface area contributed by atoms with Crippen LogP contribution in [0.1, 0.15) is 19.4 Å². The zero-order chi connectivity index (χ0) is 23.7. The summed E-state index contributed by atoms with van der Waals surface area (Å²) in [6.45, 7) is 3.08. The molecule has 176 valence electrons. The molecule has 0 bridgehead atoms. The van der Waals surface area contributed by atoms with Crippen LogP contribution < -0.4 is 15.1 Å². The highest BCUT2D eigenvalue weighted by Gasteiger charge is 2.33. The van der Waals surface area contributed by atoms with E-state index in [1.807, 2.05) is 23.1 Å². The van der Waals surface area contributed by atoms with Gasteiger partial charge in [0, 0.05) is 26.2 Å². The van der Waals surface area contributed by atoms with Crippen LogP contribution in [0.3, 0.4) is 0 Å². The van der Waals surface area contributed by atoms with E-state index in [-0.39, 0.29) is 25.0 Å². The molecule has 0 radical (unpaired) electrons.